The molecule has 1 aromatic heterocycles. The number of nitrogens with one attached hydrogen (secondary N) is 2. The number of nitro benzene ring substituents is 1. The number of pyridine rings is 1. The summed E-state index contributed by atoms with van der Waals surface area (Å²) in [6, 6.07) is 7.34. The van der Waals surface area contributed by atoms with Gasteiger partial charge in [0.1, 0.15) is 5.69 Å². The van der Waals surface area contributed by atoms with Gasteiger partial charge in [0.25, 0.3) is 11.6 Å². The summed E-state index contributed by atoms with van der Waals surface area (Å²) >= 11 is 3.07. The van der Waals surface area contributed by atoms with E-state index in [9.17, 15) is 14.9 Å². The van der Waals surface area contributed by atoms with Crippen molar-refractivity contribution in [1.29, 1.82) is 0 Å². The zero-order valence-corrected chi connectivity index (χ0v) is 12.1. The first-order valence-electron chi connectivity index (χ1n) is 5.69. The highest BCUT2D eigenvalue weighted by Gasteiger charge is 2.14. The minimum absolute atomic E-state index is 0.135. The number of aromatic nitrogens is 1. The summed E-state index contributed by atoms with van der Waals surface area (Å²) in [5.74, 6) is 4.76. The number of hydrazine groups is 1. The molecule has 1 amide bonds. The summed E-state index contributed by atoms with van der Waals surface area (Å²) in [5, 5.41) is 13.4. The van der Waals surface area contributed by atoms with Crippen LogP contribution in [0.4, 0.5) is 17.1 Å². The van der Waals surface area contributed by atoms with Crippen LogP contribution in [-0.2, 0) is 0 Å². The quantitative estimate of drug-likeness (QED) is 0.441. The van der Waals surface area contributed by atoms with Crippen molar-refractivity contribution in [1.82, 2.24) is 4.98 Å². The largest absolute Gasteiger partial charge is 0.324 e. The fourth-order valence-electron chi connectivity index (χ4n) is 1.57. The van der Waals surface area contributed by atoms with Gasteiger partial charge in [0.2, 0.25) is 0 Å². The van der Waals surface area contributed by atoms with Crippen LogP contribution < -0.4 is 16.6 Å². The van der Waals surface area contributed by atoms with Crippen LogP contribution in [0.15, 0.2) is 41.0 Å². The summed E-state index contributed by atoms with van der Waals surface area (Å²) in [4.78, 5) is 26.2. The Morgan fingerprint density at radius 1 is 1.29 bits per heavy atom. The lowest BCUT2D eigenvalue weighted by atomic mass is 10.2. The monoisotopic (exact) mass is 351 g/mol. The number of nitrogens with two attached hydrogens (primary N) is 1. The Morgan fingerprint density at radius 3 is 2.71 bits per heavy atom. The molecule has 108 valence electrons. The van der Waals surface area contributed by atoms with Gasteiger partial charge in [0.15, 0.2) is 0 Å². The molecule has 4 N–H and O–H groups in total. The topological polar surface area (TPSA) is 123 Å². The molecule has 0 saturated carbocycles. The lowest BCUT2D eigenvalue weighted by molar-refractivity contribution is -0.385. The van der Waals surface area contributed by atoms with Crippen molar-refractivity contribution in [3.63, 3.8) is 0 Å². The number of nitro groups is 1. The molecule has 0 aliphatic rings. The molecule has 0 aliphatic heterocycles. The van der Waals surface area contributed by atoms with E-state index in [4.69, 9.17) is 5.84 Å². The number of carbonyl (C=O) groups is 1. The third-order valence-electron chi connectivity index (χ3n) is 2.56. The third-order valence-corrected chi connectivity index (χ3v) is 3.23. The Labute approximate surface area is 127 Å². The molecule has 1 heterocycles. The van der Waals surface area contributed by atoms with Crippen LogP contribution >= 0.6 is 15.9 Å². The molecule has 21 heavy (non-hydrogen) atoms. The van der Waals surface area contributed by atoms with E-state index < -0.39 is 10.8 Å². The molecule has 9 heteroatoms. The van der Waals surface area contributed by atoms with Gasteiger partial charge in [-0.25, -0.2) is 0 Å². The van der Waals surface area contributed by atoms with E-state index >= 15 is 0 Å². The predicted molar refractivity (Wildman–Crippen MR) is 80.8 cm³/mol. The maximum atomic E-state index is 12.0. The predicted octanol–water partition coefficient (Wildman–Crippen LogP) is 2.29. The Balaban J connectivity index is 2.23. The first kappa shape index (κ1) is 14.9. The number of halogens is 1. The number of hydrogen-bond donors (Lipinski definition) is 3. The van der Waals surface area contributed by atoms with E-state index in [0.29, 0.717) is 15.8 Å². The first-order chi connectivity index (χ1) is 10.0. The maximum absolute atomic E-state index is 12.0. The molecule has 2 aromatic rings. The summed E-state index contributed by atoms with van der Waals surface area (Å²) < 4.78 is 0.331. The summed E-state index contributed by atoms with van der Waals surface area (Å²) in [7, 11) is 0. The number of rotatable bonds is 4. The van der Waals surface area contributed by atoms with Crippen molar-refractivity contribution < 1.29 is 9.72 Å². The zero-order valence-electron chi connectivity index (χ0n) is 10.5. The molecule has 0 atom stereocenters. The first-order valence-corrected chi connectivity index (χ1v) is 6.48. The average Bonchev–Trinajstić information content (AvgIpc) is 2.49. The number of nitrogens with zero attached hydrogens (tertiary/aromatic N) is 2. The lowest BCUT2D eigenvalue weighted by Gasteiger charge is -2.06. The molecule has 0 bridgehead atoms. The van der Waals surface area contributed by atoms with Gasteiger partial charge >= 0.3 is 0 Å². The lowest BCUT2D eigenvalue weighted by Crippen LogP contribution is -2.15. The molecule has 8 nitrogen and oxygen atoms in total. The van der Waals surface area contributed by atoms with Crippen LogP contribution in [-0.4, -0.2) is 15.8 Å². The summed E-state index contributed by atoms with van der Waals surface area (Å²) in [6.07, 6.45) is 1.42. The number of nitrogen functional groups attached to an aromatic ring is 1. The van der Waals surface area contributed by atoms with Crippen molar-refractivity contribution in [2.75, 3.05) is 10.7 Å². The fraction of sp³-hybridized carbons (Fsp3) is 0. The normalized spacial score (nSPS) is 10.0. The Hall–Kier alpha value is -2.52. The smallest absolute Gasteiger partial charge is 0.285 e. The third kappa shape index (κ3) is 3.52. The van der Waals surface area contributed by atoms with Crippen molar-refractivity contribution in [3.8, 4) is 0 Å². The second-order valence-corrected chi connectivity index (χ2v) is 4.81. The SMILES string of the molecule is NNc1ccnc(C(=O)Nc2ccc(Br)c([N+](=O)[O-])c2)c1. The molecule has 2 rings (SSSR count). The zero-order chi connectivity index (χ0) is 15.4. The summed E-state index contributed by atoms with van der Waals surface area (Å²) in [6.45, 7) is 0. The Morgan fingerprint density at radius 2 is 2.05 bits per heavy atom. The molecule has 0 fully saturated rings. The minimum Gasteiger partial charge on any atom is -0.324 e. The molecule has 0 saturated heterocycles. The van der Waals surface area contributed by atoms with E-state index in [1.54, 1.807) is 12.1 Å². The number of hydrogen-bond acceptors (Lipinski definition) is 6. The Kier molecular flexibility index (Phi) is 4.45. The molecule has 1 aromatic carbocycles. The van der Waals surface area contributed by atoms with E-state index in [0.717, 1.165) is 0 Å². The van der Waals surface area contributed by atoms with Crippen LogP contribution in [0, 0.1) is 10.1 Å². The molecule has 0 spiro atoms. The minimum atomic E-state index is -0.545. The highest BCUT2D eigenvalue weighted by atomic mass is 79.9. The molecular formula is C12H10BrN5O3. The van der Waals surface area contributed by atoms with Crippen LogP contribution in [0.5, 0.6) is 0 Å². The molecule has 0 aliphatic carbocycles. The van der Waals surface area contributed by atoms with Crippen LogP contribution in [0.2, 0.25) is 0 Å². The fourth-order valence-corrected chi connectivity index (χ4v) is 1.96. The van der Waals surface area contributed by atoms with Gasteiger partial charge in [0.05, 0.1) is 15.1 Å². The number of carbonyl (C=O) groups excluding carboxylic acids is 1. The van der Waals surface area contributed by atoms with Crippen molar-refractivity contribution in [2.24, 2.45) is 5.84 Å². The van der Waals surface area contributed by atoms with Gasteiger partial charge in [-0.05, 0) is 40.2 Å². The maximum Gasteiger partial charge on any atom is 0.285 e. The number of anilines is 2. The Bertz CT molecular complexity index is 707. The van der Waals surface area contributed by atoms with E-state index in [1.165, 1.54) is 24.4 Å². The molecule has 0 radical (unpaired) electrons. The summed E-state index contributed by atoms with van der Waals surface area (Å²) in [5.41, 5.74) is 3.22. The standard InChI is InChI=1S/C12H10BrN5O3/c13-9-2-1-7(6-11(9)18(20)21)16-12(19)10-5-8(17-14)3-4-15-10/h1-6H,14H2,(H,15,17)(H,16,19). The molecule has 0 unspecified atom stereocenters. The van der Waals surface area contributed by atoms with Gasteiger partial charge in [0, 0.05) is 18.0 Å². The highest BCUT2D eigenvalue weighted by molar-refractivity contribution is 9.10. The van der Waals surface area contributed by atoms with Gasteiger partial charge in [-0.1, -0.05) is 0 Å². The second kappa shape index (κ2) is 6.29. The van der Waals surface area contributed by atoms with Crippen LogP contribution in [0.25, 0.3) is 0 Å². The van der Waals surface area contributed by atoms with Crippen molar-refractivity contribution in [3.05, 3.63) is 56.8 Å². The van der Waals surface area contributed by atoms with E-state index in [-0.39, 0.29) is 11.4 Å². The number of amides is 1. The second-order valence-electron chi connectivity index (χ2n) is 3.95. The van der Waals surface area contributed by atoms with Gasteiger partial charge in [-0.3, -0.25) is 25.7 Å². The molecular weight excluding hydrogens is 342 g/mol. The van der Waals surface area contributed by atoms with Gasteiger partial charge < -0.3 is 10.7 Å². The van der Waals surface area contributed by atoms with Crippen LogP contribution in [0.1, 0.15) is 10.5 Å². The van der Waals surface area contributed by atoms with Crippen LogP contribution in [0.3, 0.4) is 0 Å². The average molecular weight is 352 g/mol. The van der Waals surface area contributed by atoms with Crippen molar-refractivity contribution >= 4 is 38.9 Å². The van der Waals surface area contributed by atoms with E-state index in [2.05, 4.69) is 31.7 Å². The van der Waals surface area contributed by atoms with Crippen molar-refractivity contribution in [2.45, 2.75) is 0 Å². The van der Waals surface area contributed by atoms with Gasteiger partial charge in [-0.15, -0.1) is 0 Å². The highest BCUT2D eigenvalue weighted by Crippen LogP contribution is 2.28. The van der Waals surface area contributed by atoms with Gasteiger partial charge in [-0.2, -0.15) is 0 Å². The van der Waals surface area contributed by atoms with E-state index in [1.807, 2.05) is 0 Å². The number of benzene rings is 1.